The first-order valence-corrected chi connectivity index (χ1v) is 12.5. The summed E-state index contributed by atoms with van der Waals surface area (Å²) in [5.74, 6) is -1.04. The summed E-state index contributed by atoms with van der Waals surface area (Å²) in [5, 5.41) is 12.0. The van der Waals surface area contributed by atoms with Crippen LogP contribution in [0.15, 0.2) is 54.6 Å². The molecule has 1 aliphatic carbocycles. The molecule has 8 heteroatoms. The summed E-state index contributed by atoms with van der Waals surface area (Å²) in [6.45, 7) is 2.94. The maximum Gasteiger partial charge on any atom is 0.407 e. The van der Waals surface area contributed by atoms with E-state index >= 15 is 0 Å². The van der Waals surface area contributed by atoms with Crippen LogP contribution in [0.2, 0.25) is 0 Å². The first-order chi connectivity index (χ1) is 16.9. The van der Waals surface area contributed by atoms with E-state index in [9.17, 15) is 19.5 Å². The van der Waals surface area contributed by atoms with Gasteiger partial charge in [0.15, 0.2) is 0 Å². The van der Waals surface area contributed by atoms with Crippen LogP contribution < -0.4 is 5.32 Å². The Bertz CT molecular complexity index is 1250. The van der Waals surface area contributed by atoms with Gasteiger partial charge in [0.05, 0.1) is 0 Å². The van der Waals surface area contributed by atoms with E-state index < -0.39 is 18.1 Å². The van der Waals surface area contributed by atoms with E-state index in [4.69, 9.17) is 4.74 Å². The van der Waals surface area contributed by atoms with Crippen molar-refractivity contribution in [1.29, 1.82) is 0 Å². The maximum atomic E-state index is 12.8. The number of alkyl carbamates (subject to hydrolysis) is 1. The van der Waals surface area contributed by atoms with Gasteiger partial charge in [-0.15, -0.1) is 11.3 Å². The van der Waals surface area contributed by atoms with Crippen molar-refractivity contribution in [1.82, 2.24) is 10.2 Å². The predicted molar refractivity (Wildman–Crippen MR) is 133 cm³/mol. The number of amides is 2. The molecule has 0 bridgehead atoms. The molecule has 7 nitrogen and oxygen atoms in total. The van der Waals surface area contributed by atoms with Crippen molar-refractivity contribution >= 4 is 29.3 Å². The normalized spacial score (nSPS) is 15.1. The van der Waals surface area contributed by atoms with Gasteiger partial charge in [-0.05, 0) is 47.2 Å². The van der Waals surface area contributed by atoms with Crippen LogP contribution in [-0.4, -0.2) is 47.2 Å². The minimum Gasteiger partial charge on any atom is -0.477 e. The van der Waals surface area contributed by atoms with Crippen molar-refractivity contribution in [3.05, 3.63) is 81.0 Å². The first kappa shape index (κ1) is 23.1. The van der Waals surface area contributed by atoms with Crippen LogP contribution in [0.4, 0.5) is 4.79 Å². The lowest BCUT2D eigenvalue weighted by Crippen LogP contribution is -2.41. The van der Waals surface area contributed by atoms with Crippen LogP contribution in [0.3, 0.4) is 0 Å². The fourth-order valence-electron chi connectivity index (χ4n) is 4.93. The lowest BCUT2D eigenvalue weighted by atomic mass is 9.98. The van der Waals surface area contributed by atoms with Gasteiger partial charge in [-0.3, -0.25) is 4.79 Å². The number of hydrogen-bond acceptors (Lipinski definition) is 5. The number of carbonyl (C=O) groups is 3. The van der Waals surface area contributed by atoms with Gasteiger partial charge >= 0.3 is 12.1 Å². The van der Waals surface area contributed by atoms with Gasteiger partial charge < -0.3 is 20.1 Å². The second kappa shape index (κ2) is 9.54. The summed E-state index contributed by atoms with van der Waals surface area (Å²) in [5.41, 5.74) is 5.52. The summed E-state index contributed by atoms with van der Waals surface area (Å²) in [6.07, 6.45) is 0.250. The number of carboxylic acid groups (broad SMARTS) is 1. The van der Waals surface area contributed by atoms with Gasteiger partial charge in [0.25, 0.3) is 0 Å². The third-order valence-corrected chi connectivity index (χ3v) is 7.84. The van der Waals surface area contributed by atoms with Crippen molar-refractivity contribution in [2.75, 3.05) is 13.2 Å². The molecule has 3 aromatic rings. The number of fused-ring (bicyclic) bond motifs is 4. The van der Waals surface area contributed by atoms with Gasteiger partial charge in [-0.2, -0.15) is 0 Å². The molecule has 2 heterocycles. The van der Waals surface area contributed by atoms with Crippen molar-refractivity contribution < 1.29 is 24.2 Å². The first-order valence-electron chi connectivity index (χ1n) is 11.6. The molecule has 0 fully saturated rings. The van der Waals surface area contributed by atoms with Gasteiger partial charge in [0, 0.05) is 36.3 Å². The van der Waals surface area contributed by atoms with E-state index in [0.717, 1.165) is 21.6 Å². The van der Waals surface area contributed by atoms with Crippen LogP contribution in [0.1, 0.15) is 50.5 Å². The zero-order chi connectivity index (χ0) is 24.5. The fraction of sp³-hybridized carbons (Fsp3) is 0.296. The molecule has 2 aliphatic rings. The van der Waals surface area contributed by atoms with Crippen LogP contribution in [-0.2, 0) is 22.5 Å². The van der Waals surface area contributed by atoms with Crippen LogP contribution in [0.5, 0.6) is 0 Å². The SMILES string of the molecule is C[C@H](CC(=O)N1CCc2sc(C(=O)O)cc2C1)NC(=O)OCC1c2ccccc2-c2ccccc21. The Morgan fingerprint density at radius 2 is 1.77 bits per heavy atom. The van der Waals surface area contributed by atoms with E-state index in [1.54, 1.807) is 17.9 Å². The minimum atomic E-state index is -0.941. The summed E-state index contributed by atoms with van der Waals surface area (Å²) in [7, 11) is 0. The average Bonchev–Trinajstić information content (AvgIpc) is 3.42. The van der Waals surface area contributed by atoms with E-state index in [1.165, 1.54) is 22.5 Å². The molecule has 0 saturated carbocycles. The second-order valence-electron chi connectivity index (χ2n) is 9.00. The number of carbonyl (C=O) groups excluding carboxylic acids is 2. The molecule has 1 aliphatic heterocycles. The summed E-state index contributed by atoms with van der Waals surface area (Å²) in [6, 6.07) is 17.6. The molecule has 0 spiro atoms. The highest BCUT2D eigenvalue weighted by Crippen LogP contribution is 2.44. The van der Waals surface area contributed by atoms with E-state index in [0.29, 0.717) is 24.4 Å². The number of carboxylic acids is 1. The number of nitrogens with zero attached hydrogens (tertiary/aromatic N) is 1. The Morgan fingerprint density at radius 1 is 1.11 bits per heavy atom. The molecule has 2 N–H and O–H groups in total. The van der Waals surface area contributed by atoms with E-state index in [-0.39, 0.29) is 24.9 Å². The third-order valence-electron chi connectivity index (χ3n) is 6.62. The summed E-state index contributed by atoms with van der Waals surface area (Å²) >= 11 is 1.28. The van der Waals surface area contributed by atoms with Crippen molar-refractivity contribution in [2.45, 2.75) is 38.3 Å². The molecule has 0 radical (unpaired) electrons. The molecule has 0 saturated heterocycles. The average molecular weight is 491 g/mol. The number of hydrogen-bond donors (Lipinski definition) is 2. The molecule has 0 unspecified atom stereocenters. The van der Waals surface area contributed by atoms with Crippen molar-refractivity contribution in [3.63, 3.8) is 0 Å². The third kappa shape index (κ3) is 4.66. The summed E-state index contributed by atoms with van der Waals surface area (Å²) in [4.78, 5) is 39.6. The topological polar surface area (TPSA) is 95.9 Å². The molecule has 35 heavy (non-hydrogen) atoms. The van der Waals surface area contributed by atoms with Crippen molar-refractivity contribution in [2.24, 2.45) is 0 Å². The van der Waals surface area contributed by atoms with Crippen LogP contribution >= 0.6 is 11.3 Å². The highest BCUT2D eigenvalue weighted by molar-refractivity contribution is 7.14. The van der Waals surface area contributed by atoms with E-state index in [1.807, 2.05) is 24.3 Å². The van der Waals surface area contributed by atoms with Gasteiger partial charge in [-0.25, -0.2) is 9.59 Å². The lowest BCUT2D eigenvalue weighted by molar-refractivity contribution is -0.132. The van der Waals surface area contributed by atoms with Gasteiger partial charge in [-0.1, -0.05) is 48.5 Å². The smallest absolute Gasteiger partial charge is 0.407 e. The van der Waals surface area contributed by atoms with Crippen LogP contribution in [0.25, 0.3) is 11.1 Å². The highest BCUT2D eigenvalue weighted by atomic mass is 32.1. The molecule has 180 valence electrons. The minimum absolute atomic E-state index is 0.0195. The quantitative estimate of drug-likeness (QED) is 0.525. The zero-order valence-corrected chi connectivity index (χ0v) is 20.1. The molecule has 1 aromatic heterocycles. The number of thiophene rings is 1. The molecular weight excluding hydrogens is 464 g/mol. The Morgan fingerprint density at radius 3 is 2.43 bits per heavy atom. The number of rotatable bonds is 6. The summed E-state index contributed by atoms with van der Waals surface area (Å²) < 4.78 is 5.58. The standard InChI is InChI=1S/C27H26N2O5S/c1-16(12-25(30)29-11-10-23-17(14-29)13-24(35-23)26(31)32)28-27(33)34-15-22-20-8-4-2-6-18(20)19-7-3-5-9-21(19)22/h2-9,13,16,22H,10-12,14-15H2,1H3,(H,28,33)(H,31,32)/t16-/m1/s1. The number of benzene rings is 2. The Labute approximate surface area is 207 Å². The van der Waals surface area contributed by atoms with Crippen molar-refractivity contribution in [3.8, 4) is 11.1 Å². The van der Waals surface area contributed by atoms with Crippen LogP contribution in [0, 0.1) is 0 Å². The maximum absolute atomic E-state index is 12.8. The van der Waals surface area contributed by atoms with E-state index in [2.05, 4.69) is 29.6 Å². The zero-order valence-electron chi connectivity index (χ0n) is 19.3. The fourth-order valence-corrected chi connectivity index (χ4v) is 5.94. The molecule has 5 rings (SSSR count). The van der Waals surface area contributed by atoms with Gasteiger partial charge in [0.2, 0.25) is 5.91 Å². The number of nitrogens with one attached hydrogen (secondary N) is 1. The lowest BCUT2D eigenvalue weighted by Gasteiger charge is -2.28. The molecule has 2 amide bonds. The Kier molecular flexibility index (Phi) is 6.30. The second-order valence-corrected chi connectivity index (χ2v) is 10.1. The highest BCUT2D eigenvalue weighted by Gasteiger charge is 2.30. The Balaban J connectivity index is 1.14. The largest absolute Gasteiger partial charge is 0.477 e. The molecular formula is C27H26N2O5S. The van der Waals surface area contributed by atoms with Gasteiger partial charge in [0.1, 0.15) is 11.5 Å². The number of ether oxygens (including phenoxy) is 1. The predicted octanol–water partition coefficient (Wildman–Crippen LogP) is 4.65. The molecule has 2 aromatic carbocycles. The Hall–Kier alpha value is -3.65. The number of aromatic carboxylic acids is 1. The molecule has 1 atom stereocenters. The monoisotopic (exact) mass is 490 g/mol.